The molecule has 18 heavy (non-hydrogen) atoms. The van der Waals surface area contributed by atoms with Gasteiger partial charge in [0.25, 0.3) is 5.91 Å². The smallest absolute Gasteiger partial charge is 0.358 e. The number of hydrogen-bond donors (Lipinski definition) is 2. The summed E-state index contributed by atoms with van der Waals surface area (Å²) in [5.74, 6) is 4.46. The summed E-state index contributed by atoms with van der Waals surface area (Å²) in [5, 5.41) is 10.5. The molecule has 2 heterocycles. The molecule has 0 aliphatic heterocycles. The molecule has 3 N–H and O–H groups in total. The summed E-state index contributed by atoms with van der Waals surface area (Å²) in [5.41, 5.74) is 2.04. The third kappa shape index (κ3) is 2.52. The van der Waals surface area contributed by atoms with E-state index in [-0.39, 0.29) is 11.7 Å². The van der Waals surface area contributed by atoms with E-state index in [0.717, 1.165) is 4.88 Å². The van der Waals surface area contributed by atoms with Crippen LogP contribution in [0.15, 0.2) is 24.7 Å². The van der Waals surface area contributed by atoms with E-state index >= 15 is 0 Å². The highest BCUT2D eigenvalue weighted by Crippen LogP contribution is 2.18. The van der Waals surface area contributed by atoms with Crippen LogP contribution in [-0.4, -0.2) is 20.4 Å². The lowest BCUT2D eigenvalue weighted by Crippen LogP contribution is -2.29. The molecule has 0 saturated heterocycles. The Balaban J connectivity index is 2.11. The van der Waals surface area contributed by atoms with Gasteiger partial charge < -0.3 is 14.7 Å². The minimum Gasteiger partial charge on any atom is -0.358 e. The standard InChI is InChI=1S/C9H9N5O3S/c10-12-9(15)7-2-1-6(18-7)3-13-4-8(11-5-13)14(16)17/h1-2,4-5H,3,10H2,(H,12,15). The van der Waals surface area contributed by atoms with E-state index in [0.29, 0.717) is 11.4 Å². The first-order valence-corrected chi connectivity index (χ1v) is 5.67. The van der Waals surface area contributed by atoms with Crippen molar-refractivity contribution in [2.75, 3.05) is 0 Å². The van der Waals surface area contributed by atoms with Crippen LogP contribution in [0, 0.1) is 10.1 Å². The van der Waals surface area contributed by atoms with Crippen LogP contribution in [0.4, 0.5) is 5.82 Å². The van der Waals surface area contributed by atoms with E-state index in [1.165, 1.54) is 23.9 Å². The summed E-state index contributed by atoms with van der Waals surface area (Å²) in [7, 11) is 0. The van der Waals surface area contributed by atoms with Gasteiger partial charge in [-0.05, 0) is 22.0 Å². The summed E-state index contributed by atoms with van der Waals surface area (Å²) in [6.45, 7) is 0.420. The first kappa shape index (κ1) is 12.2. The molecule has 0 aliphatic carbocycles. The maximum atomic E-state index is 11.2. The third-order valence-electron chi connectivity index (χ3n) is 2.16. The van der Waals surface area contributed by atoms with Crippen LogP contribution in [0.2, 0.25) is 0 Å². The summed E-state index contributed by atoms with van der Waals surface area (Å²) >= 11 is 1.27. The van der Waals surface area contributed by atoms with Crippen molar-refractivity contribution >= 4 is 23.1 Å². The van der Waals surface area contributed by atoms with Gasteiger partial charge in [-0.15, -0.1) is 11.3 Å². The highest BCUT2D eigenvalue weighted by atomic mass is 32.1. The first-order chi connectivity index (χ1) is 8.60. The predicted molar refractivity (Wildman–Crippen MR) is 64.0 cm³/mol. The summed E-state index contributed by atoms with van der Waals surface area (Å²) in [6.07, 6.45) is 2.71. The maximum absolute atomic E-state index is 11.2. The zero-order valence-electron chi connectivity index (χ0n) is 9.07. The molecule has 0 atom stereocenters. The largest absolute Gasteiger partial charge is 0.381 e. The fourth-order valence-corrected chi connectivity index (χ4v) is 2.28. The molecule has 94 valence electrons. The van der Waals surface area contributed by atoms with Crippen molar-refractivity contribution in [1.29, 1.82) is 0 Å². The first-order valence-electron chi connectivity index (χ1n) is 4.86. The molecule has 9 heteroatoms. The lowest BCUT2D eigenvalue weighted by Gasteiger charge is -1.96. The number of carbonyl (C=O) groups is 1. The molecule has 2 aromatic heterocycles. The van der Waals surface area contributed by atoms with Gasteiger partial charge in [-0.3, -0.25) is 10.2 Å². The number of nitrogens with one attached hydrogen (secondary N) is 1. The summed E-state index contributed by atoms with van der Waals surface area (Å²) < 4.78 is 1.58. The van der Waals surface area contributed by atoms with Gasteiger partial charge in [0.05, 0.1) is 11.4 Å². The molecule has 0 radical (unpaired) electrons. The molecule has 0 bridgehead atoms. The van der Waals surface area contributed by atoms with Gasteiger partial charge in [0.2, 0.25) is 6.33 Å². The van der Waals surface area contributed by atoms with Gasteiger partial charge in [-0.1, -0.05) is 0 Å². The number of nitrogens with two attached hydrogens (primary N) is 1. The quantitative estimate of drug-likeness (QED) is 0.362. The fourth-order valence-electron chi connectivity index (χ4n) is 1.37. The number of carbonyl (C=O) groups excluding carboxylic acids is 1. The molecule has 0 saturated carbocycles. The second-order valence-corrected chi connectivity index (χ2v) is 4.57. The number of rotatable bonds is 4. The molecule has 0 fully saturated rings. The van der Waals surface area contributed by atoms with E-state index in [9.17, 15) is 14.9 Å². The molecule has 1 amide bonds. The lowest BCUT2D eigenvalue weighted by molar-refractivity contribution is -0.389. The molecule has 0 spiro atoms. The second kappa shape index (κ2) is 4.94. The molecule has 2 aromatic rings. The number of amides is 1. The number of imidazole rings is 1. The number of nitro groups is 1. The van der Waals surface area contributed by atoms with Crippen molar-refractivity contribution in [1.82, 2.24) is 15.0 Å². The highest BCUT2D eigenvalue weighted by molar-refractivity contribution is 7.14. The Morgan fingerprint density at radius 2 is 2.39 bits per heavy atom. The van der Waals surface area contributed by atoms with Crippen LogP contribution in [0.5, 0.6) is 0 Å². The number of hydrogen-bond acceptors (Lipinski definition) is 6. The number of nitrogens with zero attached hydrogens (tertiary/aromatic N) is 3. The van der Waals surface area contributed by atoms with Crippen LogP contribution in [0.3, 0.4) is 0 Å². The number of aromatic nitrogens is 2. The monoisotopic (exact) mass is 267 g/mol. The van der Waals surface area contributed by atoms with Gasteiger partial charge in [0.15, 0.2) is 0 Å². The van der Waals surface area contributed by atoms with E-state index in [1.54, 1.807) is 16.7 Å². The average Bonchev–Trinajstić information content (AvgIpc) is 2.98. The molecular formula is C9H9N5O3S. The molecule has 0 unspecified atom stereocenters. The number of nitrogen functional groups attached to an aromatic ring is 1. The Bertz CT molecular complexity index is 591. The molecule has 0 aliphatic rings. The molecular weight excluding hydrogens is 258 g/mol. The van der Waals surface area contributed by atoms with Crippen molar-refractivity contribution in [3.63, 3.8) is 0 Å². The third-order valence-corrected chi connectivity index (χ3v) is 3.23. The Hall–Kier alpha value is -2.26. The average molecular weight is 267 g/mol. The van der Waals surface area contributed by atoms with Crippen molar-refractivity contribution in [2.45, 2.75) is 6.54 Å². The van der Waals surface area contributed by atoms with Crippen LogP contribution < -0.4 is 11.3 Å². The highest BCUT2D eigenvalue weighted by Gasteiger charge is 2.12. The van der Waals surface area contributed by atoms with E-state index in [2.05, 4.69) is 4.98 Å². The predicted octanol–water partition coefficient (Wildman–Crippen LogP) is 0.505. The zero-order valence-corrected chi connectivity index (χ0v) is 9.88. The Kier molecular flexibility index (Phi) is 3.35. The Morgan fingerprint density at radius 1 is 1.61 bits per heavy atom. The number of thiophene rings is 1. The van der Waals surface area contributed by atoms with Gasteiger partial charge in [-0.2, -0.15) is 0 Å². The van der Waals surface area contributed by atoms with Crippen LogP contribution in [-0.2, 0) is 6.54 Å². The molecule has 0 aromatic carbocycles. The second-order valence-electron chi connectivity index (χ2n) is 3.40. The van der Waals surface area contributed by atoms with E-state index < -0.39 is 4.92 Å². The van der Waals surface area contributed by atoms with Crippen LogP contribution in [0.25, 0.3) is 0 Å². The summed E-state index contributed by atoms with van der Waals surface area (Å²) in [6, 6.07) is 3.41. The van der Waals surface area contributed by atoms with Crippen molar-refractivity contribution < 1.29 is 9.72 Å². The van der Waals surface area contributed by atoms with Gasteiger partial charge in [-0.25, -0.2) is 5.84 Å². The minimum absolute atomic E-state index is 0.202. The molecule has 2 rings (SSSR count). The topological polar surface area (TPSA) is 116 Å². The minimum atomic E-state index is -0.557. The Labute approximate surface area is 105 Å². The zero-order chi connectivity index (χ0) is 13.1. The number of hydrazine groups is 1. The van der Waals surface area contributed by atoms with Gasteiger partial charge in [0.1, 0.15) is 6.20 Å². The van der Waals surface area contributed by atoms with E-state index in [1.807, 2.05) is 5.43 Å². The van der Waals surface area contributed by atoms with Gasteiger partial charge in [0, 0.05) is 4.88 Å². The maximum Gasteiger partial charge on any atom is 0.381 e. The Morgan fingerprint density at radius 3 is 3.00 bits per heavy atom. The SMILES string of the molecule is NNC(=O)c1ccc(Cn2cnc([N+](=O)[O-])c2)s1. The van der Waals surface area contributed by atoms with Crippen LogP contribution in [0.1, 0.15) is 14.5 Å². The van der Waals surface area contributed by atoms with E-state index in [4.69, 9.17) is 5.84 Å². The van der Waals surface area contributed by atoms with Crippen LogP contribution >= 0.6 is 11.3 Å². The van der Waals surface area contributed by atoms with Crippen molar-refractivity contribution in [3.8, 4) is 0 Å². The summed E-state index contributed by atoms with van der Waals surface area (Å²) in [4.78, 5) is 26.1. The fraction of sp³-hybridized carbons (Fsp3) is 0.111. The normalized spacial score (nSPS) is 10.3. The van der Waals surface area contributed by atoms with Crippen molar-refractivity contribution in [3.05, 3.63) is 44.5 Å². The van der Waals surface area contributed by atoms with Gasteiger partial charge >= 0.3 is 5.82 Å². The molecule has 8 nitrogen and oxygen atoms in total. The van der Waals surface area contributed by atoms with Crippen molar-refractivity contribution in [2.24, 2.45) is 5.84 Å². The lowest BCUT2D eigenvalue weighted by atomic mass is 10.4.